The zero-order valence-corrected chi connectivity index (χ0v) is 31.4. The average molecular weight is 758 g/mol. The lowest BCUT2D eigenvalue weighted by molar-refractivity contribution is -0.131. The number of carbonyl (C=O) groups excluding carboxylic acids is 2. The highest BCUT2D eigenvalue weighted by molar-refractivity contribution is 6.11. The van der Waals surface area contributed by atoms with Crippen molar-refractivity contribution in [1.29, 1.82) is 0 Å². The van der Waals surface area contributed by atoms with Crippen LogP contribution in [-0.2, 0) is 16.6 Å². The third-order valence-corrected chi connectivity index (χ3v) is 11.3. The zero-order valence-electron chi connectivity index (χ0n) is 31.4. The summed E-state index contributed by atoms with van der Waals surface area (Å²) in [5, 5.41) is 9.51. The number of imidazole rings is 2. The van der Waals surface area contributed by atoms with Crippen molar-refractivity contribution in [1.82, 2.24) is 33.7 Å². The molecule has 9 rings (SSSR count). The highest BCUT2D eigenvalue weighted by Crippen LogP contribution is 2.36. The minimum absolute atomic E-state index is 0.0691. The molecule has 3 aliphatic heterocycles. The van der Waals surface area contributed by atoms with Gasteiger partial charge in [-0.2, -0.15) is 9.69 Å². The zero-order chi connectivity index (χ0) is 38.3. The number of piperidine rings is 1. The molecule has 4 aromatic heterocycles. The van der Waals surface area contributed by atoms with Crippen molar-refractivity contribution >= 4 is 45.8 Å². The number of pyridine rings is 1. The van der Waals surface area contributed by atoms with Gasteiger partial charge in [-0.3, -0.25) is 19.1 Å². The van der Waals surface area contributed by atoms with Gasteiger partial charge in [0.15, 0.2) is 5.65 Å². The Hall–Kier alpha value is -6.09. The summed E-state index contributed by atoms with van der Waals surface area (Å²) in [6, 6.07) is 22.6. The molecule has 3 aliphatic rings. The Balaban J connectivity index is 0.808. The van der Waals surface area contributed by atoms with Gasteiger partial charge >= 0.3 is 5.69 Å². The number of hydrogen-bond acceptors (Lipinski definition) is 10. The summed E-state index contributed by atoms with van der Waals surface area (Å²) in [6.45, 7) is 6.11. The maximum Gasteiger partial charge on any atom is 0.348 e. The SMILES string of the molecule is Cn1c(=O)n(N2C(=O)CCCC2=O)c2ccc(NCCCN3CCN(c4cccc(-c5cnc6ccc(N7CCC[C@@H]7c7cccc(F)c7)nn56)n4)CC3)cc21. The van der Waals surface area contributed by atoms with E-state index >= 15 is 0 Å². The van der Waals surface area contributed by atoms with Gasteiger partial charge < -0.3 is 15.1 Å². The number of hydrogen-bond donors (Lipinski definition) is 1. The second-order valence-corrected chi connectivity index (χ2v) is 14.8. The lowest BCUT2D eigenvalue weighted by atomic mass is 10.0. The predicted octanol–water partition coefficient (Wildman–Crippen LogP) is 4.72. The molecular formula is C41H44FN11O3. The number of halogens is 1. The molecule has 2 amide bonds. The summed E-state index contributed by atoms with van der Waals surface area (Å²) in [4.78, 5) is 55.0. The normalized spacial score (nSPS) is 18.2. The van der Waals surface area contributed by atoms with Crippen LogP contribution in [0.25, 0.3) is 28.1 Å². The first kappa shape index (κ1) is 35.6. The van der Waals surface area contributed by atoms with E-state index in [0.29, 0.717) is 17.5 Å². The van der Waals surface area contributed by atoms with E-state index in [1.807, 2.05) is 53.2 Å². The molecule has 6 aromatic rings. The second kappa shape index (κ2) is 14.9. The Morgan fingerprint density at radius 3 is 2.48 bits per heavy atom. The number of nitrogens with one attached hydrogen (secondary N) is 1. The van der Waals surface area contributed by atoms with Gasteiger partial charge in [-0.05, 0) is 92.4 Å². The fourth-order valence-corrected chi connectivity index (χ4v) is 8.36. The third-order valence-electron chi connectivity index (χ3n) is 11.3. The van der Waals surface area contributed by atoms with Gasteiger partial charge in [-0.25, -0.2) is 23.7 Å². The Kier molecular flexibility index (Phi) is 9.45. The number of rotatable bonds is 10. The molecule has 15 heteroatoms. The summed E-state index contributed by atoms with van der Waals surface area (Å²) in [7, 11) is 1.66. The summed E-state index contributed by atoms with van der Waals surface area (Å²) in [5.41, 5.74) is 4.98. The topological polar surface area (TPSA) is 129 Å². The number of fused-ring (bicyclic) bond motifs is 2. The lowest BCUT2D eigenvalue weighted by Crippen LogP contribution is -2.52. The van der Waals surface area contributed by atoms with Gasteiger partial charge in [0.2, 0.25) is 11.8 Å². The van der Waals surface area contributed by atoms with Gasteiger partial charge in [-0.1, -0.05) is 18.2 Å². The van der Waals surface area contributed by atoms with Crippen LogP contribution < -0.4 is 25.8 Å². The van der Waals surface area contributed by atoms with Gasteiger partial charge in [0, 0.05) is 64.8 Å². The van der Waals surface area contributed by atoms with E-state index in [0.717, 1.165) is 110 Å². The first-order valence-electron chi connectivity index (χ1n) is 19.5. The molecule has 3 fully saturated rings. The maximum atomic E-state index is 14.1. The molecule has 0 spiro atoms. The van der Waals surface area contributed by atoms with Crippen LogP contribution in [-0.4, -0.2) is 91.4 Å². The standard InChI is InChI=1S/C41H44FN11O3/c1-47-34-26-30(14-15-33(34)52(41(47)56)53-39(54)12-4-13-40(53)55)43-18-6-19-48-21-23-49(24-22-48)37-11-3-9-31(45-37)35-27-44-36-16-17-38(46-51(35)36)50-20-5-10-32(50)28-7-2-8-29(42)25-28/h2-3,7-9,11,14-17,25-27,32,43H,4-6,10,12-13,18-24H2,1H3/t32-/m1/s1. The van der Waals surface area contributed by atoms with E-state index in [4.69, 9.17) is 10.1 Å². The van der Waals surface area contributed by atoms with E-state index in [1.165, 1.54) is 15.3 Å². The number of aromatic nitrogens is 6. The molecule has 0 saturated carbocycles. The molecule has 0 bridgehead atoms. The number of anilines is 3. The monoisotopic (exact) mass is 757 g/mol. The van der Waals surface area contributed by atoms with Crippen molar-refractivity contribution in [3.8, 4) is 11.4 Å². The van der Waals surface area contributed by atoms with Crippen molar-refractivity contribution in [3.63, 3.8) is 0 Å². The van der Waals surface area contributed by atoms with Crippen LogP contribution in [0.3, 0.4) is 0 Å². The van der Waals surface area contributed by atoms with Crippen LogP contribution in [0.2, 0.25) is 0 Å². The minimum atomic E-state index is -0.418. The van der Waals surface area contributed by atoms with Crippen LogP contribution in [0, 0.1) is 5.82 Å². The summed E-state index contributed by atoms with van der Waals surface area (Å²) in [5.74, 6) is 0.832. The van der Waals surface area contributed by atoms with Crippen LogP contribution in [0.1, 0.15) is 50.1 Å². The average Bonchev–Trinajstić information content (AvgIpc) is 3.94. The molecular weight excluding hydrogens is 714 g/mol. The molecule has 0 unspecified atom stereocenters. The van der Waals surface area contributed by atoms with Crippen molar-refractivity contribution in [2.45, 2.75) is 44.6 Å². The molecule has 14 nitrogen and oxygen atoms in total. The number of imide groups is 1. The number of amides is 2. The number of benzene rings is 2. The number of aryl methyl sites for hydroxylation is 1. The highest BCUT2D eigenvalue weighted by atomic mass is 19.1. The fraction of sp³-hybridized carbons (Fsp3) is 0.366. The Morgan fingerprint density at radius 2 is 1.66 bits per heavy atom. The van der Waals surface area contributed by atoms with Crippen LogP contribution in [0.4, 0.5) is 21.7 Å². The van der Waals surface area contributed by atoms with E-state index in [2.05, 4.69) is 31.1 Å². The molecule has 3 saturated heterocycles. The molecule has 1 atom stereocenters. The van der Waals surface area contributed by atoms with Crippen molar-refractivity contribution in [3.05, 3.63) is 101 Å². The first-order valence-corrected chi connectivity index (χ1v) is 19.5. The highest BCUT2D eigenvalue weighted by Gasteiger charge is 2.31. The van der Waals surface area contributed by atoms with Gasteiger partial charge in [-0.15, -0.1) is 5.10 Å². The Bertz CT molecular complexity index is 2490. The third kappa shape index (κ3) is 6.65. The van der Waals surface area contributed by atoms with Gasteiger partial charge in [0.1, 0.15) is 23.1 Å². The van der Waals surface area contributed by atoms with Crippen molar-refractivity contribution in [2.75, 3.05) is 65.9 Å². The van der Waals surface area contributed by atoms with Crippen molar-refractivity contribution < 1.29 is 14.0 Å². The van der Waals surface area contributed by atoms with E-state index in [9.17, 15) is 18.8 Å². The number of carbonyl (C=O) groups is 2. The smallest absolute Gasteiger partial charge is 0.348 e. The van der Waals surface area contributed by atoms with Crippen LogP contribution in [0.15, 0.2) is 83.8 Å². The Labute approximate surface area is 322 Å². The van der Waals surface area contributed by atoms with Gasteiger partial charge in [0.25, 0.3) is 0 Å². The lowest BCUT2D eigenvalue weighted by Gasteiger charge is -2.35. The van der Waals surface area contributed by atoms with Gasteiger partial charge in [0.05, 0.1) is 29.0 Å². The minimum Gasteiger partial charge on any atom is -0.385 e. The van der Waals surface area contributed by atoms with E-state index < -0.39 is 5.69 Å². The summed E-state index contributed by atoms with van der Waals surface area (Å²) >= 11 is 0. The van der Waals surface area contributed by atoms with Crippen molar-refractivity contribution in [2.24, 2.45) is 7.05 Å². The molecule has 7 heterocycles. The predicted molar refractivity (Wildman–Crippen MR) is 213 cm³/mol. The maximum absolute atomic E-state index is 14.1. The quantitative estimate of drug-likeness (QED) is 0.155. The van der Waals surface area contributed by atoms with E-state index in [1.54, 1.807) is 25.2 Å². The molecule has 2 aromatic carbocycles. The largest absolute Gasteiger partial charge is 0.385 e. The summed E-state index contributed by atoms with van der Waals surface area (Å²) in [6.07, 6.45) is 5.73. The Morgan fingerprint density at radius 1 is 0.839 bits per heavy atom. The molecule has 1 N–H and O–H groups in total. The summed E-state index contributed by atoms with van der Waals surface area (Å²) < 4.78 is 18.6. The molecule has 288 valence electrons. The van der Waals surface area contributed by atoms with Crippen LogP contribution >= 0.6 is 0 Å². The molecule has 0 radical (unpaired) electrons. The first-order chi connectivity index (χ1) is 27.3. The van der Waals surface area contributed by atoms with Crippen LogP contribution in [0.5, 0.6) is 0 Å². The fourth-order valence-electron chi connectivity index (χ4n) is 8.36. The number of nitrogens with zero attached hydrogens (tertiary/aromatic N) is 10. The second-order valence-electron chi connectivity index (χ2n) is 14.8. The molecule has 0 aliphatic carbocycles. The number of piperazine rings is 1. The van der Waals surface area contributed by atoms with E-state index in [-0.39, 0.29) is 36.5 Å². The molecule has 56 heavy (non-hydrogen) atoms.